The minimum absolute atomic E-state index is 0.163. The zero-order valence-electron chi connectivity index (χ0n) is 10.9. The summed E-state index contributed by atoms with van der Waals surface area (Å²) >= 11 is 3.39. The number of carbonyl (C=O) groups excluding carboxylic acids is 2. The van der Waals surface area contributed by atoms with Crippen LogP contribution in [0.5, 0.6) is 0 Å². The van der Waals surface area contributed by atoms with Gasteiger partial charge in [0.1, 0.15) is 5.78 Å². The lowest BCUT2D eigenvalue weighted by Crippen LogP contribution is -2.45. The third-order valence-corrected chi connectivity index (χ3v) is 4.50. The predicted octanol–water partition coefficient (Wildman–Crippen LogP) is 3.00. The van der Waals surface area contributed by atoms with Gasteiger partial charge in [0.2, 0.25) is 0 Å². The van der Waals surface area contributed by atoms with Crippen LogP contribution >= 0.6 is 15.9 Å². The number of hydrogen-bond donors (Lipinski definition) is 0. The molecule has 0 saturated heterocycles. The Balaban J connectivity index is 2.39. The van der Waals surface area contributed by atoms with Crippen LogP contribution in [0.4, 0.5) is 0 Å². The van der Waals surface area contributed by atoms with Gasteiger partial charge in [-0.05, 0) is 25.3 Å². The minimum atomic E-state index is -0.695. The molecule has 2 unspecified atom stereocenters. The van der Waals surface area contributed by atoms with E-state index in [4.69, 9.17) is 4.74 Å². The quantitative estimate of drug-likeness (QED) is 0.634. The van der Waals surface area contributed by atoms with Crippen molar-refractivity contribution in [3.8, 4) is 0 Å². The smallest absolute Gasteiger partial charge is 0.316 e. The van der Waals surface area contributed by atoms with Crippen LogP contribution in [0.2, 0.25) is 0 Å². The van der Waals surface area contributed by atoms with Crippen molar-refractivity contribution in [1.29, 1.82) is 0 Å². The van der Waals surface area contributed by atoms with Crippen molar-refractivity contribution < 1.29 is 14.3 Å². The highest BCUT2D eigenvalue weighted by molar-refractivity contribution is 9.10. The first-order valence-corrected chi connectivity index (χ1v) is 7.41. The highest BCUT2D eigenvalue weighted by atomic mass is 79.9. The van der Waals surface area contributed by atoms with Crippen molar-refractivity contribution in [2.45, 2.75) is 36.4 Å². The monoisotopic (exact) mass is 324 g/mol. The summed E-state index contributed by atoms with van der Waals surface area (Å²) in [6.07, 6.45) is 1.40. The Bertz CT molecular complexity index is 472. The van der Waals surface area contributed by atoms with Gasteiger partial charge in [-0.25, -0.2) is 0 Å². The maximum Gasteiger partial charge on any atom is 0.316 e. The van der Waals surface area contributed by atoms with E-state index in [1.807, 2.05) is 30.3 Å². The normalized spacial score (nSPS) is 27.1. The van der Waals surface area contributed by atoms with Gasteiger partial charge in [-0.15, -0.1) is 0 Å². The summed E-state index contributed by atoms with van der Waals surface area (Å²) in [5, 5.41) is 0. The molecule has 0 aromatic heterocycles. The van der Waals surface area contributed by atoms with Gasteiger partial charge in [-0.2, -0.15) is 0 Å². The summed E-state index contributed by atoms with van der Waals surface area (Å²) in [5.41, 5.74) is 0.240. The average molecular weight is 325 g/mol. The highest BCUT2D eigenvalue weighted by Crippen LogP contribution is 2.41. The van der Waals surface area contributed by atoms with Gasteiger partial charge >= 0.3 is 5.97 Å². The second-order valence-corrected chi connectivity index (χ2v) is 5.91. The third-order valence-electron chi connectivity index (χ3n) is 3.67. The van der Waals surface area contributed by atoms with Crippen LogP contribution in [0.25, 0.3) is 0 Å². The topological polar surface area (TPSA) is 43.4 Å². The molecular weight excluding hydrogens is 308 g/mol. The molecule has 0 amide bonds. The van der Waals surface area contributed by atoms with Crippen molar-refractivity contribution in [2.75, 3.05) is 6.61 Å². The van der Waals surface area contributed by atoms with E-state index in [1.54, 1.807) is 6.92 Å². The number of ketones is 1. The highest BCUT2D eigenvalue weighted by Gasteiger charge is 2.47. The van der Waals surface area contributed by atoms with Crippen molar-refractivity contribution in [1.82, 2.24) is 0 Å². The van der Waals surface area contributed by atoms with E-state index in [0.29, 0.717) is 25.9 Å². The minimum Gasteiger partial charge on any atom is -0.465 e. The third kappa shape index (κ3) is 2.73. The summed E-state index contributed by atoms with van der Waals surface area (Å²) < 4.78 is 5.25. The van der Waals surface area contributed by atoms with Crippen LogP contribution in [-0.2, 0) is 19.7 Å². The number of alkyl halides is 1. The van der Waals surface area contributed by atoms with Crippen molar-refractivity contribution in [3.05, 3.63) is 35.9 Å². The Morgan fingerprint density at radius 3 is 2.68 bits per heavy atom. The zero-order valence-corrected chi connectivity index (χ0v) is 12.5. The molecule has 2 rings (SSSR count). The number of ether oxygens (including phenoxy) is 1. The van der Waals surface area contributed by atoms with Crippen molar-refractivity contribution in [3.63, 3.8) is 0 Å². The van der Waals surface area contributed by atoms with Gasteiger partial charge in [0, 0.05) is 6.42 Å². The van der Waals surface area contributed by atoms with E-state index in [0.717, 1.165) is 5.56 Å². The molecule has 1 fully saturated rings. The molecule has 0 spiro atoms. The van der Waals surface area contributed by atoms with E-state index < -0.39 is 5.41 Å². The molecule has 102 valence electrons. The van der Waals surface area contributed by atoms with E-state index in [1.165, 1.54) is 0 Å². The largest absolute Gasteiger partial charge is 0.465 e. The van der Waals surface area contributed by atoms with Gasteiger partial charge < -0.3 is 4.74 Å². The summed E-state index contributed by atoms with van der Waals surface area (Å²) in [4.78, 5) is 23.8. The number of halogens is 1. The molecule has 0 N–H and O–H groups in total. The summed E-state index contributed by atoms with van der Waals surface area (Å²) in [6, 6.07) is 9.62. The number of Topliss-reactive ketones (excluding diaryl/α,β-unsaturated/α-hetero) is 1. The fourth-order valence-corrected chi connectivity index (χ4v) is 3.39. The lowest BCUT2D eigenvalue weighted by molar-refractivity contribution is -0.152. The molecule has 2 atom stereocenters. The van der Waals surface area contributed by atoms with Crippen LogP contribution in [0.15, 0.2) is 30.3 Å². The molecule has 1 aromatic carbocycles. The molecule has 1 aliphatic carbocycles. The van der Waals surface area contributed by atoms with E-state index in [9.17, 15) is 9.59 Å². The Morgan fingerprint density at radius 2 is 2.11 bits per heavy atom. The van der Waals surface area contributed by atoms with Crippen LogP contribution in [0.3, 0.4) is 0 Å². The number of rotatable bonds is 3. The number of hydrogen-bond acceptors (Lipinski definition) is 3. The molecule has 4 heteroatoms. The van der Waals surface area contributed by atoms with Gasteiger partial charge in [-0.1, -0.05) is 46.3 Å². The molecular formula is C15H17BrO3. The van der Waals surface area contributed by atoms with Gasteiger partial charge in [0.25, 0.3) is 0 Å². The fourth-order valence-electron chi connectivity index (χ4n) is 2.61. The second kappa shape index (κ2) is 5.87. The predicted molar refractivity (Wildman–Crippen MR) is 76.3 cm³/mol. The average Bonchev–Trinajstić information content (AvgIpc) is 2.43. The Morgan fingerprint density at radius 1 is 1.42 bits per heavy atom. The molecule has 19 heavy (non-hydrogen) atoms. The zero-order chi connectivity index (χ0) is 13.9. The van der Waals surface area contributed by atoms with Gasteiger partial charge in [0.15, 0.2) is 0 Å². The van der Waals surface area contributed by atoms with Crippen molar-refractivity contribution >= 4 is 27.7 Å². The molecule has 0 aliphatic heterocycles. The molecule has 1 aromatic rings. The van der Waals surface area contributed by atoms with E-state index >= 15 is 0 Å². The lowest BCUT2D eigenvalue weighted by atomic mass is 9.69. The molecule has 1 saturated carbocycles. The first-order chi connectivity index (χ1) is 9.10. The van der Waals surface area contributed by atoms with Gasteiger partial charge in [0.05, 0.1) is 16.8 Å². The van der Waals surface area contributed by atoms with Crippen LogP contribution in [0.1, 0.15) is 31.7 Å². The van der Waals surface area contributed by atoms with Gasteiger partial charge in [-0.3, -0.25) is 9.59 Å². The van der Waals surface area contributed by atoms with Crippen LogP contribution < -0.4 is 0 Å². The van der Waals surface area contributed by atoms with E-state index in [2.05, 4.69) is 15.9 Å². The number of esters is 1. The molecule has 3 nitrogen and oxygen atoms in total. The van der Waals surface area contributed by atoms with Crippen LogP contribution in [-0.4, -0.2) is 23.2 Å². The Kier molecular flexibility index (Phi) is 4.40. The standard InChI is InChI=1S/C15H17BrO3/c1-2-19-14(18)15(11-6-4-3-5-7-11)9-8-13(17)12(16)10-15/h3-7,12H,2,8-10H2,1H3. The Hall–Kier alpha value is -1.16. The lowest BCUT2D eigenvalue weighted by Gasteiger charge is -2.36. The first kappa shape index (κ1) is 14.3. The molecule has 1 aliphatic rings. The maximum absolute atomic E-state index is 12.4. The maximum atomic E-state index is 12.4. The fraction of sp³-hybridized carbons (Fsp3) is 0.467. The van der Waals surface area contributed by atoms with Crippen molar-refractivity contribution in [2.24, 2.45) is 0 Å². The van der Waals surface area contributed by atoms with E-state index in [-0.39, 0.29) is 16.6 Å². The Labute approximate surface area is 121 Å². The first-order valence-electron chi connectivity index (χ1n) is 6.49. The molecule has 0 bridgehead atoms. The second-order valence-electron chi connectivity index (χ2n) is 4.81. The summed E-state index contributed by atoms with van der Waals surface area (Å²) in [7, 11) is 0. The summed E-state index contributed by atoms with van der Waals surface area (Å²) in [6.45, 7) is 2.16. The number of benzene rings is 1. The number of carbonyl (C=O) groups is 2. The SMILES string of the molecule is CCOC(=O)C1(c2ccccc2)CCC(=O)C(Br)C1. The molecule has 0 heterocycles. The summed E-state index contributed by atoms with van der Waals surface area (Å²) in [5.74, 6) is -0.0611. The van der Waals surface area contributed by atoms with Crippen LogP contribution in [0, 0.1) is 0 Å². The molecule has 0 radical (unpaired) electrons.